The summed E-state index contributed by atoms with van der Waals surface area (Å²) < 4.78 is 16.4. The predicted octanol–water partition coefficient (Wildman–Crippen LogP) is 6.43. The number of carbonyl (C=O) groups is 5. The molecule has 0 aromatic carbocycles. The van der Waals surface area contributed by atoms with E-state index in [0.29, 0.717) is 18.9 Å². The number of amides is 3. The molecular formula is C38H73N3O9. The van der Waals surface area contributed by atoms with Crippen LogP contribution in [0.3, 0.4) is 0 Å². The van der Waals surface area contributed by atoms with E-state index in [1.54, 1.807) is 34.8 Å². The van der Waals surface area contributed by atoms with E-state index in [-0.39, 0.29) is 47.5 Å². The number of ether oxygens (including phenoxy) is 3. The fourth-order valence-electron chi connectivity index (χ4n) is 6.14. The maximum Gasteiger partial charge on any atom is 0.410 e. The first kappa shape index (κ1) is 49.4. The van der Waals surface area contributed by atoms with E-state index in [1.807, 2.05) is 46.4 Å². The number of hydrogen-bond acceptors (Lipinski definition) is 8. The monoisotopic (exact) mass is 716 g/mol. The largest absolute Gasteiger partial charge is 0.481 e. The summed E-state index contributed by atoms with van der Waals surface area (Å²) in [7, 11) is 4.72. The number of carboxylic acid groups (broad SMARTS) is 1. The van der Waals surface area contributed by atoms with Gasteiger partial charge in [0.2, 0.25) is 11.8 Å². The number of hydrogen-bond donors (Lipinski definition) is 2. The number of methoxy groups -OCH3 is 2. The van der Waals surface area contributed by atoms with Crippen molar-refractivity contribution in [2.24, 2.45) is 29.6 Å². The lowest BCUT2D eigenvalue weighted by molar-refractivity contribution is -0.151. The number of aliphatic carboxylic acids is 1. The molecule has 1 saturated heterocycles. The molecule has 0 aromatic heterocycles. The maximum absolute atomic E-state index is 12.9. The Kier molecular flexibility index (Phi) is 23.4. The van der Waals surface area contributed by atoms with Crippen LogP contribution < -0.4 is 5.32 Å². The molecule has 1 aliphatic heterocycles. The summed E-state index contributed by atoms with van der Waals surface area (Å²) in [4.78, 5) is 63.9. The zero-order valence-corrected chi connectivity index (χ0v) is 34.4. The van der Waals surface area contributed by atoms with Gasteiger partial charge >= 0.3 is 12.1 Å². The van der Waals surface area contributed by atoms with Gasteiger partial charge in [0.15, 0.2) is 5.78 Å². The SMILES string of the molecule is CC.CC(=O)[C@@H](NC(=O)C(C(C)C)N(C)C(=O)OC(C)(C)C)C(C)C.CC[C@H](C)[C@H](C)[C@@H](CC(=O)N1CCC[C@H]1[C@H](OC)[C@@H](C)C(=O)O)OC. The third-order valence-electron chi connectivity index (χ3n) is 9.36. The van der Waals surface area contributed by atoms with Crippen LogP contribution in [0.5, 0.6) is 0 Å². The van der Waals surface area contributed by atoms with E-state index in [2.05, 4.69) is 26.1 Å². The van der Waals surface area contributed by atoms with Gasteiger partial charge in [0, 0.05) is 27.8 Å². The molecule has 0 spiro atoms. The molecule has 1 fully saturated rings. The summed E-state index contributed by atoms with van der Waals surface area (Å²) in [5.74, 6) is -1.33. The number of carboxylic acids is 1. The van der Waals surface area contributed by atoms with Gasteiger partial charge in [-0.3, -0.25) is 24.1 Å². The second-order valence-electron chi connectivity index (χ2n) is 15.0. The van der Waals surface area contributed by atoms with Crippen LogP contribution in [0.4, 0.5) is 4.79 Å². The quantitative estimate of drug-likeness (QED) is 0.184. The summed E-state index contributed by atoms with van der Waals surface area (Å²) in [6, 6.07) is -1.44. The summed E-state index contributed by atoms with van der Waals surface area (Å²) >= 11 is 0. The van der Waals surface area contributed by atoms with Crippen molar-refractivity contribution in [2.75, 3.05) is 27.8 Å². The summed E-state index contributed by atoms with van der Waals surface area (Å²) in [6.45, 7) is 26.9. The molecule has 12 nitrogen and oxygen atoms in total. The number of nitrogens with one attached hydrogen (secondary N) is 1. The Morgan fingerprint density at radius 3 is 1.86 bits per heavy atom. The molecule has 1 unspecified atom stereocenters. The van der Waals surface area contributed by atoms with Crippen molar-refractivity contribution in [3.63, 3.8) is 0 Å². The number of ketones is 1. The van der Waals surface area contributed by atoms with Crippen molar-refractivity contribution in [3.8, 4) is 0 Å². The second kappa shape index (κ2) is 23.7. The van der Waals surface area contributed by atoms with E-state index in [4.69, 9.17) is 14.2 Å². The molecule has 0 aromatic rings. The van der Waals surface area contributed by atoms with Gasteiger partial charge in [0.25, 0.3) is 0 Å². The van der Waals surface area contributed by atoms with Crippen molar-refractivity contribution in [2.45, 2.75) is 159 Å². The molecule has 3 amide bonds. The molecule has 0 aliphatic carbocycles. The molecule has 1 heterocycles. The highest BCUT2D eigenvalue weighted by atomic mass is 16.6. The number of nitrogens with zero attached hydrogens (tertiary/aromatic N) is 2. The Balaban J connectivity index is 0. The molecule has 294 valence electrons. The fourth-order valence-corrected chi connectivity index (χ4v) is 6.14. The fraction of sp³-hybridized carbons (Fsp3) is 0.868. The topological polar surface area (TPSA) is 152 Å². The van der Waals surface area contributed by atoms with Crippen LogP contribution in [-0.2, 0) is 33.4 Å². The Bertz CT molecular complexity index is 1040. The van der Waals surface area contributed by atoms with Crippen LogP contribution in [0, 0.1) is 29.6 Å². The summed E-state index contributed by atoms with van der Waals surface area (Å²) in [5, 5.41) is 12.1. The van der Waals surface area contributed by atoms with E-state index in [0.717, 1.165) is 19.3 Å². The Morgan fingerprint density at radius 2 is 1.48 bits per heavy atom. The lowest BCUT2D eigenvalue weighted by atomic mass is 9.87. The molecule has 0 radical (unpaired) electrons. The highest BCUT2D eigenvalue weighted by Crippen LogP contribution is 2.29. The Hall–Kier alpha value is -2.73. The highest BCUT2D eigenvalue weighted by molar-refractivity contribution is 5.91. The average molecular weight is 716 g/mol. The van der Waals surface area contributed by atoms with Crippen LogP contribution in [0.15, 0.2) is 0 Å². The van der Waals surface area contributed by atoms with Crippen molar-refractivity contribution < 1.29 is 43.3 Å². The zero-order valence-electron chi connectivity index (χ0n) is 34.4. The van der Waals surface area contributed by atoms with E-state index >= 15 is 0 Å². The minimum Gasteiger partial charge on any atom is -0.481 e. The van der Waals surface area contributed by atoms with Crippen molar-refractivity contribution in [3.05, 3.63) is 0 Å². The Labute approximate surface area is 303 Å². The van der Waals surface area contributed by atoms with Gasteiger partial charge in [-0.05, 0) is 71.1 Å². The van der Waals surface area contributed by atoms with Gasteiger partial charge in [-0.15, -0.1) is 0 Å². The van der Waals surface area contributed by atoms with Crippen LogP contribution in [0.25, 0.3) is 0 Å². The molecule has 0 bridgehead atoms. The first-order chi connectivity index (χ1) is 23.1. The molecular weight excluding hydrogens is 642 g/mol. The van der Waals surface area contributed by atoms with Crippen LogP contribution in [0.2, 0.25) is 0 Å². The molecule has 1 rings (SSSR count). The summed E-state index contributed by atoms with van der Waals surface area (Å²) in [5.41, 5.74) is -0.636. The number of likely N-dealkylation sites (tertiary alicyclic amines) is 1. The van der Waals surface area contributed by atoms with Crippen LogP contribution in [0.1, 0.15) is 123 Å². The van der Waals surface area contributed by atoms with E-state index in [9.17, 15) is 29.1 Å². The number of likely N-dealkylation sites (N-methyl/N-ethyl adjacent to an activating group) is 1. The molecule has 8 atom stereocenters. The summed E-state index contributed by atoms with van der Waals surface area (Å²) in [6.07, 6.45) is 1.86. The first-order valence-electron chi connectivity index (χ1n) is 18.4. The minimum absolute atomic E-state index is 0.0175. The molecule has 0 saturated carbocycles. The molecule has 1 aliphatic rings. The number of carbonyl (C=O) groups excluding carboxylic acids is 4. The van der Waals surface area contributed by atoms with Crippen LogP contribution in [-0.4, -0.2) is 108 Å². The molecule has 2 N–H and O–H groups in total. The van der Waals surface area contributed by atoms with E-state index < -0.39 is 41.8 Å². The number of rotatable bonds is 16. The molecule has 50 heavy (non-hydrogen) atoms. The minimum atomic E-state index is -0.897. The predicted molar refractivity (Wildman–Crippen MR) is 198 cm³/mol. The lowest BCUT2D eigenvalue weighted by Gasteiger charge is -2.34. The average Bonchev–Trinajstić information content (AvgIpc) is 3.51. The van der Waals surface area contributed by atoms with E-state index in [1.165, 1.54) is 26.0 Å². The molecule has 12 heteroatoms. The van der Waals surface area contributed by atoms with Gasteiger partial charge in [0.1, 0.15) is 11.6 Å². The van der Waals surface area contributed by atoms with Crippen LogP contribution >= 0.6 is 0 Å². The lowest BCUT2D eigenvalue weighted by Crippen LogP contribution is -2.55. The number of Topliss-reactive ketones (excluding diaryl/α,β-unsaturated/α-hetero) is 1. The normalized spacial score (nSPS) is 18.6. The Morgan fingerprint density at radius 1 is 0.940 bits per heavy atom. The van der Waals surface area contributed by atoms with Crippen molar-refractivity contribution in [1.82, 2.24) is 15.1 Å². The van der Waals surface area contributed by atoms with Gasteiger partial charge in [-0.2, -0.15) is 0 Å². The second-order valence-corrected chi connectivity index (χ2v) is 15.0. The maximum atomic E-state index is 12.9. The van der Waals surface area contributed by atoms with Gasteiger partial charge in [-0.25, -0.2) is 4.79 Å². The van der Waals surface area contributed by atoms with Crippen molar-refractivity contribution >= 4 is 29.7 Å². The standard InChI is InChI=1S/C19H35NO5.C17H32N2O4.C2H6/c1-7-12(2)13(3)16(24-5)11-17(21)20-10-8-9-15(20)18(25-6)14(4)19(22)23;1-10(2)13(12(5)20)18-15(21)14(11(3)4)19(9)16(22)23-17(6,7)8;1-2/h12-16,18H,7-11H2,1-6H3,(H,22,23);10-11,13-14H,1-9H3,(H,18,21);1-2H3/t12-,13-,14+,15-,16+,18+;13-,14?;/m00./s1. The van der Waals surface area contributed by atoms with Gasteiger partial charge in [0.05, 0.1) is 36.6 Å². The van der Waals surface area contributed by atoms with Gasteiger partial charge in [-0.1, -0.05) is 68.7 Å². The zero-order chi connectivity index (χ0) is 39.7. The third kappa shape index (κ3) is 16.1. The first-order valence-corrected chi connectivity index (χ1v) is 18.4. The smallest absolute Gasteiger partial charge is 0.410 e. The van der Waals surface area contributed by atoms with Gasteiger partial charge < -0.3 is 29.5 Å². The van der Waals surface area contributed by atoms with Crippen molar-refractivity contribution in [1.29, 1.82) is 0 Å². The highest BCUT2D eigenvalue weighted by Gasteiger charge is 2.41. The third-order valence-corrected chi connectivity index (χ3v) is 9.36.